The van der Waals surface area contributed by atoms with Crippen molar-refractivity contribution >= 4 is 16.8 Å². The highest BCUT2D eigenvalue weighted by Gasteiger charge is 2.15. The number of amides is 1. The number of nitrogens with one attached hydrogen (secondary N) is 1. The molecule has 146 valence electrons. The number of rotatable bonds is 8. The van der Waals surface area contributed by atoms with E-state index in [1.165, 1.54) is 9.13 Å². The number of fused-ring (bicyclic) bond motifs is 1. The molecule has 3 aromatic rings. The molecule has 0 saturated heterocycles. The van der Waals surface area contributed by atoms with E-state index in [0.717, 1.165) is 5.56 Å². The van der Waals surface area contributed by atoms with Crippen LogP contribution in [0.5, 0.6) is 0 Å². The molecular weight excluding hydrogens is 358 g/mol. The van der Waals surface area contributed by atoms with Gasteiger partial charge in [0.2, 0.25) is 5.91 Å². The van der Waals surface area contributed by atoms with Gasteiger partial charge in [-0.15, -0.1) is 0 Å². The molecule has 0 aliphatic carbocycles. The molecule has 1 N–H and O–H groups in total. The van der Waals surface area contributed by atoms with Gasteiger partial charge in [0.25, 0.3) is 5.56 Å². The smallest absolute Gasteiger partial charge is 0.331 e. The van der Waals surface area contributed by atoms with Crippen molar-refractivity contribution in [3.63, 3.8) is 0 Å². The van der Waals surface area contributed by atoms with E-state index >= 15 is 0 Å². The van der Waals surface area contributed by atoms with Gasteiger partial charge >= 0.3 is 5.69 Å². The predicted octanol–water partition coefficient (Wildman–Crippen LogP) is 1.17. The Kier molecular flexibility index (Phi) is 6.39. The zero-order valence-corrected chi connectivity index (χ0v) is 15.8. The Morgan fingerprint density at radius 1 is 1.00 bits per heavy atom. The summed E-state index contributed by atoms with van der Waals surface area (Å²) in [5.74, 6) is -0.308. The number of methoxy groups -OCH3 is 1. The maximum atomic E-state index is 13.0. The van der Waals surface area contributed by atoms with Gasteiger partial charge in [-0.25, -0.2) is 4.79 Å². The highest BCUT2D eigenvalue weighted by molar-refractivity contribution is 5.81. The first-order valence-corrected chi connectivity index (χ1v) is 9.13. The van der Waals surface area contributed by atoms with E-state index in [4.69, 9.17) is 4.74 Å². The van der Waals surface area contributed by atoms with Crippen LogP contribution in [0.25, 0.3) is 10.9 Å². The second-order valence-corrected chi connectivity index (χ2v) is 6.42. The number of nitrogens with zero attached hydrogens (tertiary/aromatic N) is 2. The Labute approximate surface area is 162 Å². The minimum Gasteiger partial charge on any atom is -0.383 e. The van der Waals surface area contributed by atoms with Crippen molar-refractivity contribution < 1.29 is 9.53 Å². The molecule has 0 spiro atoms. The van der Waals surface area contributed by atoms with Crippen molar-refractivity contribution in [1.82, 2.24) is 14.5 Å². The average Bonchev–Trinajstić information content (AvgIpc) is 2.72. The van der Waals surface area contributed by atoms with Gasteiger partial charge in [0.1, 0.15) is 6.54 Å². The maximum absolute atomic E-state index is 13.0. The molecule has 1 heterocycles. The zero-order chi connectivity index (χ0) is 19.9. The van der Waals surface area contributed by atoms with Crippen molar-refractivity contribution in [2.24, 2.45) is 0 Å². The van der Waals surface area contributed by atoms with Crippen molar-refractivity contribution in [1.29, 1.82) is 0 Å². The summed E-state index contributed by atoms with van der Waals surface area (Å²) in [6.45, 7) is 0.833. The van der Waals surface area contributed by atoms with E-state index < -0.39 is 5.69 Å². The standard InChI is InChI=1S/C21H23N3O4/c1-28-14-12-22-19(25)15-24-18-10-6-5-9-17(18)20(26)23(21(24)27)13-11-16-7-3-2-4-8-16/h2-10H,11-15H2,1H3,(H,22,25). The minimum absolute atomic E-state index is 0.158. The van der Waals surface area contributed by atoms with Gasteiger partial charge in [-0.05, 0) is 24.1 Å². The fourth-order valence-corrected chi connectivity index (χ4v) is 3.10. The largest absolute Gasteiger partial charge is 0.383 e. The maximum Gasteiger partial charge on any atom is 0.331 e. The lowest BCUT2D eigenvalue weighted by molar-refractivity contribution is -0.121. The lowest BCUT2D eigenvalue weighted by atomic mass is 10.1. The predicted molar refractivity (Wildman–Crippen MR) is 107 cm³/mol. The number of aromatic nitrogens is 2. The number of hydrogen-bond donors (Lipinski definition) is 1. The molecule has 0 aliphatic heterocycles. The van der Waals surface area contributed by atoms with Gasteiger partial charge in [0.15, 0.2) is 0 Å². The Morgan fingerprint density at radius 2 is 1.71 bits per heavy atom. The molecule has 0 radical (unpaired) electrons. The normalized spacial score (nSPS) is 10.9. The molecule has 2 aromatic carbocycles. The summed E-state index contributed by atoms with van der Waals surface area (Å²) < 4.78 is 7.47. The van der Waals surface area contributed by atoms with Gasteiger partial charge in [-0.2, -0.15) is 0 Å². The van der Waals surface area contributed by atoms with Gasteiger partial charge in [0.05, 0.1) is 17.5 Å². The minimum atomic E-state index is -0.485. The van der Waals surface area contributed by atoms with E-state index in [0.29, 0.717) is 30.5 Å². The van der Waals surface area contributed by atoms with E-state index in [1.54, 1.807) is 31.4 Å². The number of carbonyl (C=O) groups is 1. The topological polar surface area (TPSA) is 82.3 Å². The van der Waals surface area contributed by atoms with Crippen molar-refractivity contribution in [2.75, 3.05) is 20.3 Å². The highest BCUT2D eigenvalue weighted by atomic mass is 16.5. The summed E-state index contributed by atoms with van der Waals surface area (Å²) in [4.78, 5) is 38.1. The van der Waals surface area contributed by atoms with Crippen LogP contribution in [-0.2, 0) is 29.0 Å². The molecule has 0 unspecified atom stereocenters. The molecule has 3 rings (SSSR count). The second kappa shape index (κ2) is 9.14. The molecule has 0 saturated carbocycles. The van der Waals surface area contributed by atoms with Crippen LogP contribution < -0.4 is 16.6 Å². The first-order chi connectivity index (χ1) is 13.6. The summed E-state index contributed by atoms with van der Waals surface area (Å²) in [5, 5.41) is 3.12. The van der Waals surface area contributed by atoms with Crippen LogP contribution in [0.3, 0.4) is 0 Å². The number of benzene rings is 2. The summed E-state index contributed by atoms with van der Waals surface area (Å²) >= 11 is 0. The van der Waals surface area contributed by atoms with Crippen molar-refractivity contribution in [2.45, 2.75) is 19.5 Å². The third-order valence-electron chi connectivity index (χ3n) is 4.53. The number of carbonyl (C=O) groups excluding carboxylic acids is 1. The van der Waals surface area contributed by atoms with E-state index in [1.807, 2.05) is 30.3 Å². The number of hydrogen-bond acceptors (Lipinski definition) is 4. The molecule has 28 heavy (non-hydrogen) atoms. The Bertz CT molecular complexity index is 1070. The Balaban J connectivity index is 1.96. The molecule has 1 amide bonds. The van der Waals surface area contributed by atoms with Gasteiger partial charge in [-0.1, -0.05) is 42.5 Å². The molecule has 7 heteroatoms. The molecule has 1 aromatic heterocycles. The van der Waals surface area contributed by atoms with Crippen LogP contribution in [0.4, 0.5) is 0 Å². The lowest BCUT2D eigenvalue weighted by Gasteiger charge is -2.14. The van der Waals surface area contributed by atoms with E-state index in [9.17, 15) is 14.4 Å². The summed E-state index contributed by atoms with van der Waals surface area (Å²) in [5.41, 5.74) is 0.662. The van der Waals surface area contributed by atoms with Crippen LogP contribution in [0.15, 0.2) is 64.2 Å². The first kappa shape index (κ1) is 19.6. The van der Waals surface area contributed by atoms with Crippen LogP contribution in [-0.4, -0.2) is 35.3 Å². The summed E-state index contributed by atoms with van der Waals surface area (Å²) in [7, 11) is 1.55. The number of aryl methyl sites for hydroxylation is 1. The van der Waals surface area contributed by atoms with E-state index in [-0.39, 0.29) is 24.6 Å². The number of para-hydroxylation sites is 1. The quantitative estimate of drug-likeness (QED) is 0.594. The van der Waals surface area contributed by atoms with Crippen LogP contribution in [0.1, 0.15) is 5.56 Å². The SMILES string of the molecule is COCCNC(=O)Cn1c(=O)n(CCc2ccccc2)c(=O)c2ccccc21. The number of ether oxygens (including phenoxy) is 1. The third kappa shape index (κ3) is 4.37. The fraction of sp³-hybridized carbons (Fsp3) is 0.286. The van der Waals surface area contributed by atoms with Crippen molar-refractivity contribution in [3.8, 4) is 0 Å². The van der Waals surface area contributed by atoms with Gasteiger partial charge < -0.3 is 10.1 Å². The summed E-state index contributed by atoms with van der Waals surface area (Å²) in [6.07, 6.45) is 0.550. The fourth-order valence-electron chi connectivity index (χ4n) is 3.10. The van der Waals surface area contributed by atoms with Crippen LogP contribution in [0, 0.1) is 0 Å². The van der Waals surface area contributed by atoms with Crippen LogP contribution in [0.2, 0.25) is 0 Å². The third-order valence-corrected chi connectivity index (χ3v) is 4.53. The van der Waals surface area contributed by atoms with E-state index in [2.05, 4.69) is 5.32 Å². The molecule has 0 bridgehead atoms. The Hall–Kier alpha value is -3.19. The summed E-state index contributed by atoms with van der Waals surface area (Å²) in [6, 6.07) is 16.5. The van der Waals surface area contributed by atoms with Gasteiger partial charge in [0, 0.05) is 20.2 Å². The van der Waals surface area contributed by atoms with Crippen molar-refractivity contribution in [3.05, 3.63) is 81.0 Å². The molecule has 0 aliphatic rings. The lowest BCUT2D eigenvalue weighted by Crippen LogP contribution is -2.43. The second-order valence-electron chi connectivity index (χ2n) is 6.42. The monoisotopic (exact) mass is 381 g/mol. The Morgan fingerprint density at radius 3 is 2.46 bits per heavy atom. The molecule has 0 atom stereocenters. The average molecular weight is 381 g/mol. The highest BCUT2D eigenvalue weighted by Crippen LogP contribution is 2.08. The molecule has 7 nitrogen and oxygen atoms in total. The molecular formula is C21H23N3O4. The van der Waals surface area contributed by atoms with Gasteiger partial charge in [-0.3, -0.25) is 18.7 Å². The first-order valence-electron chi connectivity index (χ1n) is 9.13. The van der Waals surface area contributed by atoms with Crippen LogP contribution >= 0.6 is 0 Å². The zero-order valence-electron chi connectivity index (χ0n) is 15.8. The molecule has 0 fully saturated rings.